The highest BCUT2D eigenvalue weighted by atomic mass is 19.4. The predicted molar refractivity (Wildman–Crippen MR) is 148 cm³/mol. The van der Waals surface area contributed by atoms with Gasteiger partial charge in [-0.15, -0.1) is 0 Å². The fourth-order valence-corrected chi connectivity index (χ4v) is 5.91. The number of urea groups is 1. The highest BCUT2D eigenvalue weighted by Crippen LogP contribution is 2.40. The first kappa shape index (κ1) is 32.6. The summed E-state index contributed by atoms with van der Waals surface area (Å²) in [4.78, 5) is 28.8. The summed E-state index contributed by atoms with van der Waals surface area (Å²) in [6.45, 7) is 2.11. The second-order valence-corrected chi connectivity index (χ2v) is 11.6. The Hall–Kier alpha value is -3.28. The first-order valence-corrected chi connectivity index (χ1v) is 14.4. The van der Waals surface area contributed by atoms with Gasteiger partial charge in [-0.1, -0.05) is 30.3 Å². The van der Waals surface area contributed by atoms with E-state index >= 15 is 0 Å². The van der Waals surface area contributed by atoms with Gasteiger partial charge in [0.05, 0.1) is 23.3 Å². The molecule has 1 heterocycles. The number of amides is 3. The maximum absolute atomic E-state index is 13.6. The van der Waals surface area contributed by atoms with Crippen LogP contribution in [0, 0.1) is 5.92 Å². The number of nitrogens with one attached hydrogen (secondary N) is 1. The molecule has 12 heteroatoms. The Balaban J connectivity index is 1.48. The van der Waals surface area contributed by atoms with Crippen LogP contribution in [-0.4, -0.2) is 61.1 Å². The van der Waals surface area contributed by atoms with E-state index in [1.54, 1.807) is 19.0 Å². The largest absolute Gasteiger partial charge is 0.416 e. The van der Waals surface area contributed by atoms with Gasteiger partial charge < -0.3 is 19.9 Å². The van der Waals surface area contributed by atoms with E-state index in [1.807, 2.05) is 30.3 Å². The number of hydrogen-bond donors (Lipinski definition) is 1. The molecule has 3 atom stereocenters. The molecule has 1 saturated carbocycles. The Morgan fingerprint density at radius 2 is 1.49 bits per heavy atom. The van der Waals surface area contributed by atoms with Crippen LogP contribution in [0.25, 0.3) is 0 Å². The van der Waals surface area contributed by atoms with Gasteiger partial charge in [-0.3, -0.25) is 4.79 Å². The third-order valence-corrected chi connectivity index (χ3v) is 8.36. The second-order valence-electron chi connectivity index (χ2n) is 11.6. The van der Waals surface area contributed by atoms with Gasteiger partial charge in [-0.2, -0.15) is 26.3 Å². The fraction of sp³-hybridized carbons (Fsp3) is 0.548. The third-order valence-electron chi connectivity index (χ3n) is 8.36. The normalized spacial score (nSPS) is 23.9. The smallest absolute Gasteiger partial charge is 0.370 e. The van der Waals surface area contributed by atoms with Gasteiger partial charge in [0.25, 0.3) is 0 Å². The monoisotopic (exact) mass is 613 g/mol. The van der Waals surface area contributed by atoms with E-state index in [0.29, 0.717) is 57.3 Å². The molecule has 236 valence electrons. The average Bonchev–Trinajstić information content (AvgIpc) is 2.96. The maximum Gasteiger partial charge on any atom is 0.416 e. The lowest BCUT2D eigenvalue weighted by molar-refractivity contribution is -0.143. The molecule has 3 amide bonds. The molecular formula is C31H37F6N3O3. The number of hydrogen-bond acceptors (Lipinski definition) is 3. The summed E-state index contributed by atoms with van der Waals surface area (Å²) in [5, 5.41) is 2.97. The summed E-state index contributed by atoms with van der Waals surface area (Å²) >= 11 is 0. The molecule has 0 radical (unpaired) electrons. The highest BCUT2D eigenvalue weighted by molar-refractivity contribution is 5.79. The van der Waals surface area contributed by atoms with Crippen molar-refractivity contribution in [2.24, 2.45) is 5.92 Å². The van der Waals surface area contributed by atoms with Crippen molar-refractivity contribution in [3.8, 4) is 0 Å². The number of piperidine rings is 1. The Morgan fingerprint density at radius 1 is 0.907 bits per heavy atom. The molecule has 4 rings (SSSR count). The van der Waals surface area contributed by atoms with Crippen LogP contribution in [0.15, 0.2) is 48.5 Å². The minimum Gasteiger partial charge on any atom is -0.370 e. The van der Waals surface area contributed by atoms with Gasteiger partial charge in [0, 0.05) is 45.1 Å². The molecule has 0 aromatic heterocycles. The standard InChI is InChI=1S/C31H37F6N3O3/c1-19(22-15-23(30(32,33)34)17-24(16-22)31(35,36)37)43-27-13-14-40(18-26(27)20-7-5-4-6-8-20)28(41)21-9-11-25(12-10-21)38-29(42)39(2)3/h4-8,15-17,19,21,25-27H,9-14,18H2,1-3H3,(H,38,42). The van der Waals surface area contributed by atoms with Crippen molar-refractivity contribution < 1.29 is 40.7 Å². The van der Waals surface area contributed by atoms with E-state index in [2.05, 4.69) is 5.32 Å². The number of rotatable bonds is 6. The van der Waals surface area contributed by atoms with E-state index in [0.717, 1.165) is 5.56 Å². The molecule has 2 aromatic carbocycles. The number of alkyl halides is 6. The molecule has 43 heavy (non-hydrogen) atoms. The van der Waals surface area contributed by atoms with Crippen LogP contribution in [0.1, 0.15) is 73.3 Å². The molecule has 1 saturated heterocycles. The number of carbonyl (C=O) groups is 2. The number of halogens is 6. The van der Waals surface area contributed by atoms with Gasteiger partial charge in [-0.05, 0) is 68.4 Å². The molecule has 1 aliphatic carbocycles. The molecule has 3 unspecified atom stereocenters. The summed E-state index contributed by atoms with van der Waals surface area (Å²) in [6.07, 6.45) is -8.49. The van der Waals surface area contributed by atoms with Crippen molar-refractivity contribution in [2.75, 3.05) is 27.2 Å². The molecule has 0 bridgehead atoms. The zero-order valence-electron chi connectivity index (χ0n) is 24.3. The van der Waals surface area contributed by atoms with Crippen molar-refractivity contribution in [1.82, 2.24) is 15.1 Å². The van der Waals surface area contributed by atoms with E-state index < -0.39 is 35.7 Å². The summed E-state index contributed by atoms with van der Waals surface area (Å²) in [5.74, 6) is -0.506. The van der Waals surface area contributed by atoms with Crippen molar-refractivity contribution in [3.05, 3.63) is 70.8 Å². The number of ether oxygens (including phenoxy) is 1. The molecule has 2 aromatic rings. The van der Waals surface area contributed by atoms with Crippen LogP contribution in [0.4, 0.5) is 31.1 Å². The van der Waals surface area contributed by atoms with Crippen LogP contribution in [0.2, 0.25) is 0 Å². The number of benzene rings is 2. The molecule has 2 fully saturated rings. The van der Waals surface area contributed by atoms with Gasteiger partial charge in [0.1, 0.15) is 0 Å². The van der Waals surface area contributed by atoms with Gasteiger partial charge >= 0.3 is 18.4 Å². The van der Waals surface area contributed by atoms with Crippen LogP contribution in [-0.2, 0) is 21.9 Å². The molecule has 0 spiro atoms. The Kier molecular flexibility index (Phi) is 9.98. The minimum atomic E-state index is -4.95. The SMILES string of the molecule is CC(OC1CCN(C(=O)C2CCC(NC(=O)N(C)C)CC2)CC1c1ccccc1)c1cc(C(F)(F)F)cc(C(F)(F)F)c1. The van der Waals surface area contributed by atoms with E-state index in [1.165, 1.54) is 11.8 Å². The lowest BCUT2D eigenvalue weighted by atomic mass is 9.83. The minimum absolute atomic E-state index is 0.00495. The molecule has 1 N–H and O–H groups in total. The van der Waals surface area contributed by atoms with Gasteiger partial charge in [0.2, 0.25) is 5.91 Å². The second kappa shape index (κ2) is 13.2. The molecule has 1 aliphatic heterocycles. The topological polar surface area (TPSA) is 61.9 Å². The number of carbonyl (C=O) groups excluding carboxylic acids is 2. The van der Waals surface area contributed by atoms with Gasteiger partial charge in [-0.25, -0.2) is 4.79 Å². The lowest BCUT2D eigenvalue weighted by Gasteiger charge is -2.42. The van der Waals surface area contributed by atoms with Crippen molar-refractivity contribution in [3.63, 3.8) is 0 Å². The van der Waals surface area contributed by atoms with E-state index in [-0.39, 0.29) is 41.4 Å². The average molecular weight is 614 g/mol. The van der Waals surface area contributed by atoms with Crippen LogP contribution >= 0.6 is 0 Å². The van der Waals surface area contributed by atoms with E-state index in [4.69, 9.17) is 4.74 Å². The molecule has 2 aliphatic rings. The van der Waals surface area contributed by atoms with Gasteiger partial charge in [0.15, 0.2) is 0 Å². The highest BCUT2D eigenvalue weighted by Gasteiger charge is 2.40. The van der Waals surface area contributed by atoms with Crippen molar-refractivity contribution in [2.45, 2.75) is 75.5 Å². The summed E-state index contributed by atoms with van der Waals surface area (Å²) in [5.41, 5.74) is -2.12. The first-order valence-electron chi connectivity index (χ1n) is 14.4. The summed E-state index contributed by atoms with van der Waals surface area (Å²) in [7, 11) is 3.34. The van der Waals surface area contributed by atoms with Crippen molar-refractivity contribution >= 4 is 11.9 Å². The fourth-order valence-electron chi connectivity index (χ4n) is 5.91. The van der Waals surface area contributed by atoms with Crippen LogP contribution in [0.3, 0.4) is 0 Å². The summed E-state index contributed by atoms with van der Waals surface area (Å²) in [6, 6.07) is 10.6. The Morgan fingerprint density at radius 3 is 2.02 bits per heavy atom. The van der Waals surface area contributed by atoms with E-state index in [9.17, 15) is 35.9 Å². The zero-order chi connectivity index (χ0) is 31.5. The number of nitrogens with zero attached hydrogens (tertiary/aromatic N) is 2. The number of likely N-dealkylation sites (tertiary alicyclic amines) is 1. The third kappa shape index (κ3) is 8.21. The lowest BCUT2D eigenvalue weighted by Crippen LogP contribution is -2.49. The summed E-state index contributed by atoms with van der Waals surface area (Å²) < 4.78 is 86.9. The quantitative estimate of drug-likeness (QED) is 0.357. The zero-order valence-corrected chi connectivity index (χ0v) is 24.3. The Labute approximate surface area is 247 Å². The first-order chi connectivity index (χ1) is 20.1. The Bertz CT molecular complexity index is 1230. The predicted octanol–water partition coefficient (Wildman–Crippen LogP) is 7.02. The van der Waals surface area contributed by atoms with Crippen molar-refractivity contribution in [1.29, 1.82) is 0 Å². The molecular weight excluding hydrogens is 576 g/mol. The van der Waals surface area contributed by atoms with Crippen LogP contribution < -0.4 is 5.32 Å². The maximum atomic E-state index is 13.6. The van der Waals surface area contributed by atoms with Crippen LogP contribution in [0.5, 0.6) is 0 Å². The molecule has 6 nitrogen and oxygen atoms in total.